The Bertz CT molecular complexity index is 1350. The number of rotatable bonds is 6. The molecule has 0 saturated carbocycles. The van der Waals surface area contributed by atoms with E-state index in [0.717, 1.165) is 5.56 Å². The summed E-state index contributed by atoms with van der Waals surface area (Å²) < 4.78 is 16.5. The maximum atomic E-state index is 12.6. The first-order valence-corrected chi connectivity index (χ1v) is 11.1. The van der Waals surface area contributed by atoms with Gasteiger partial charge in [-0.25, -0.2) is 14.6 Å². The summed E-state index contributed by atoms with van der Waals surface area (Å²) in [5.74, 6) is -0.734. The van der Waals surface area contributed by atoms with Crippen LogP contribution in [0.1, 0.15) is 34.0 Å². The molecular weight excluding hydrogens is 477 g/mol. The summed E-state index contributed by atoms with van der Waals surface area (Å²) in [6.45, 7) is 3.98. The lowest BCUT2D eigenvalue weighted by Crippen LogP contribution is -2.10. The second kappa shape index (κ2) is 10.1. The number of nitrogens with zero attached hydrogens (tertiary/aromatic N) is 1. The highest BCUT2D eigenvalue weighted by Crippen LogP contribution is 2.38. The fourth-order valence-corrected chi connectivity index (χ4v) is 3.75. The number of ether oxygens (including phenoxy) is 3. The highest BCUT2D eigenvalue weighted by atomic mass is 35.5. The van der Waals surface area contributed by atoms with Gasteiger partial charge in [0.2, 0.25) is 5.90 Å². The van der Waals surface area contributed by atoms with Crippen molar-refractivity contribution in [3.05, 3.63) is 98.7 Å². The Morgan fingerprint density at radius 2 is 1.85 bits per heavy atom. The van der Waals surface area contributed by atoms with Crippen LogP contribution in [0.3, 0.4) is 0 Å². The minimum Gasteiger partial charge on any atom is -0.490 e. The Morgan fingerprint density at radius 1 is 1.06 bits per heavy atom. The van der Waals surface area contributed by atoms with Crippen LogP contribution in [0.25, 0.3) is 6.08 Å². The van der Waals surface area contributed by atoms with Crippen LogP contribution >= 0.6 is 23.2 Å². The van der Waals surface area contributed by atoms with Crippen molar-refractivity contribution >= 4 is 47.1 Å². The van der Waals surface area contributed by atoms with E-state index in [-0.39, 0.29) is 28.1 Å². The first-order valence-electron chi connectivity index (χ1n) is 10.4. The van der Waals surface area contributed by atoms with Crippen molar-refractivity contribution < 1.29 is 23.8 Å². The van der Waals surface area contributed by atoms with E-state index in [9.17, 15) is 9.59 Å². The third kappa shape index (κ3) is 5.14. The number of cyclic esters (lactones) is 1. The van der Waals surface area contributed by atoms with Gasteiger partial charge in [-0.3, -0.25) is 0 Å². The second-order valence-corrected chi connectivity index (χ2v) is 8.15. The van der Waals surface area contributed by atoms with E-state index in [0.29, 0.717) is 28.3 Å². The molecule has 0 radical (unpaired) electrons. The van der Waals surface area contributed by atoms with Crippen LogP contribution in [0.5, 0.6) is 11.5 Å². The van der Waals surface area contributed by atoms with Crippen molar-refractivity contribution in [2.75, 3.05) is 6.61 Å². The molecule has 8 heteroatoms. The molecule has 1 aliphatic heterocycles. The standard InChI is InChI=1S/C26H19Cl2NO5/c1-3-32-22-14-16(12-20(28)23(22)33-25(30)17-8-6-7-15(2)11-17)13-21-26(31)34-24(29-21)18-9-4-5-10-19(18)27/h4-14H,3H2,1-2H3/b21-13-. The number of carbonyl (C=O) groups is 2. The zero-order valence-electron chi connectivity index (χ0n) is 18.3. The number of hydrogen-bond acceptors (Lipinski definition) is 6. The zero-order valence-corrected chi connectivity index (χ0v) is 19.8. The third-order valence-corrected chi connectivity index (χ3v) is 5.42. The smallest absolute Gasteiger partial charge is 0.363 e. The molecule has 0 aliphatic carbocycles. The molecule has 3 aromatic carbocycles. The average molecular weight is 496 g/mol. The van der Waals surface area contributed by atoms with Crippen LogP contribution in [0.4, 0.5) is 0 Å². The molecule has 172 valence electrons. The van der Waals surface area contributed by atoms with Crippen LogP contribution in [0.15, 0.2) is 71.4 Å². The normalized spacial score (nSPS) is 14.1. The third-order valence-electron chi connectivity index (χ3n) is 4.81. The topological polar surface area (TPSA) is 74.2 Å². The Morgan fingerprint density at radius 3 is 2.59 bits per heavy atom. The molecule has 34 heavy (non-hydrogen) atoms. The van der Waals surface area contributed by atoms with Gasteiger partial charge in [-0.05, 0) is 61.9 Å². The Balaban J connectivity index is 1.66. The van der Waals surface area contributed by atoms with E-state index in [1.807, 2.05) is 13.0 Å². The molecule has 0 aromatic heterocycles. The average Bonchev–Trinajstić information content (AvgIpc) is 3.16. The molecule has 1 aliphatic rings. The number of aryl methyl sites for hydroxylation is 1. The van der Waals surface area contributed by atoms with Gasteiger partial charge in [-0.2, -0.15) is 0 Å². The molecule has 3 aromatic rings. The molecule has 0 spiro atoms. The molecule has 0 amide bonds. The summed E-state index contributed by atoms with van der Waals surface area (Å²) in [6, 6.07) is 17.1. The van der Waals surface area contributed by atoms with Crippen molar-refractivity contribution in [3.8, 4) is 11.5 Å². The number of benzene rings is 3. The molecule has 1 heterocycles. The largest absolute Gasteiger partial charge is 0.490 e. The lowest BCUT2D eigenvalue weighted by molar-refractivity contribution is -0.129. The predicted molar refractivity (Wildman–Crippen MR) is 131 cm³/mol. The molecule has 0 atom stereocenters. The summed E-state index contributed by atoms with van der Waals surface area (Å²) in [6.07, 6.45) is 1.51. The maximum absolute atomic E-state index is 12.6. The van der Waals surface area contributed by atoms with Gasteiger partial charge in [0.25, 0.3) is 0 Å². The lowest BCUT2D eigenvalue weighted by Gasteiger charge is -2.13. The van der Waals surface area contributed by atoms with Crippen molar-refractivity contribution in [1.29, 1.82) is 0 Å². The van der Waals surface area contributed by atoms with Crippen LogP contribution in [0.2, 0.25) is 10.0 Å². The highest BCUT2D eigenvalue weighted by Gasteiger charge is 2.26. The quantitative estimate of drug-likeness (QED) is 0.229. The molecule has 0 bridgehead atoms. The fraction of sp³-hybridized carbons (Fsp3) is 0.115. The predicted octanol–water partition coefficient (Wildman–Crippen LogP) is 6.26. The Hall–Kier alpha value is -3.61. The molecule has 0 N–H and O–H groups in total. The number of carbonyl (C=O) groups excluding carboxylic acids is 2. The van der Waals surface area contributed by atoms with Gasteiger partial charge >= 0.3 is 11.9 Å². The number of hydrogen-bond donors (Lipinski definition) is 0. The van der Waals surface area contributed by atoms with Crippen LogP contribution in [-0.2, 0) is 9.53 Å². The molecule has 0 saturated heterocycles. The van der Waals surface area contributed by atoms with E-state index in [1.54, 1.807) is 61.5 Å². The maximum Gasteiger partial charge on any atom is 0.363 e. The van der Waals surface area contributed by atoms with E-state index < -0.39 is 11.9 Å². The highest BCUT2D eigenvalue weighted by molar-refractivity contribution is 6.34. The minimum atomic E-state index is -0.626. The fourth-order valence-electron chi connectivity index (χ4n) is 3.27. The monoisotopic (exact) mass is 495 g/mol. The van der Waals surface area contributed by atoms with Gasteiger partial charge < -0.3 is 14.2 Å². The van der Waals surface area contributed by atoms with Crippen molar-refractivity contribution in [2.45, 2.75) is 13.8 Å². The van der Waals surface area contributed by atoms with Gasteiger partial charge in [0.15, 0.2) is 17.2 Å². The molecule has 0 unspecified atom stereocenters. The SMILES string of the molecule is CCOc1cc(/C=C2\N=C(c3ccccc3Cl)OC2=O)cc(Cl)c1OC(=O)c1cccc(C)c1. The summed E-state index contributed by atoms with van der Waals surface area (Å²) in [5.41, 5.74) is 2.40. The number of esters is 2. The Kier molecular flexibility index (Phi) is 7.01. The van der Waals surface area contributed by atoms with Crippen molar-refractivity contribution in [1.82, 2.24) is 0 Å². The van der Waals surface area contributed by atoms with Gasteiger partial charge in [-0.15, -0.1) is 0 Å². The summed E-state index contributed by atoms with van der Waals surface area (Å²) in [4.78, 5) is 29.3. The molecular formula is C26H19Cl2NO5. The first kappa shape index (κ1) is 23.5. The van der Waals surface area contributed by atoms with E-state index >= 15 is 0 Å². The lowest BCUT2D eigenvalue weighted by atomic mass is 10.1. The first-order chi connectivity index (χ1) is 16.4. The van der Waals surface area contributed by atoms with Crippen LogP contribution in [0, 0.1) is 6.92 Å². The molecule has 0 fully saturated rings. The summed E-state index contributed by atoms with van der Waals surface area (Å²) in [5, 5.41) is 0.553. The van der Waals surface area contributed by atoms with Crippen molar-refractivity contribution in [2.24, 2.45) is 4.99 Å². The van der Waals surface area contributed by atoms with E-state index in [4.69, 9.17) is 37.4 Å². The number of aliphatic imine (C=N–C) groups is 1. The van der Waals surface area contributed by atoms with Gasteiger partial charge in [0.1, 0.15) is 0 Å². The zero-order chi connectivity index (χ0) is 24.2. The molecule has 6 nitrogen and oxygen atoms in total. The van der Waals surface area contributed by atoms with Crippen LogP contribution in [-0.4, -0.2) is 24.4 Å². The summed E-state index contributed by atoms with van der Waals surface area (Å²) in [7, 11) is 0. The Labute approximate surface area is 206 Å². The van der Waals surface area contributed by atoms with E-state index in [2.05, 4.69) is 4.99 Å². The van der Waals surface area contributed by atoms with Gasteiger partial charge in [-0.1, -0.05) is 53.0 Å². The van der Waals surface area contributed by atoms with Crippen molar-refractivity contribution in [3.63, 3.8) is 0 Å². The second-order valence-electron chi connectivity index (χ2n) is 7.34. The number of halogens is 2. The van der Waals surface area contributed by atoms with Gasteiger partial charge in [0, 0.05) is 0 Å². The van der Waals surface area contributed by atoms with Gasteiger partial charge in [0.05, 0.1) is 27.8 Å². The van der Waals surface area contributed by atoms with E-state index in [1.165, 1.54) is 6.08 Å². The molecule has 4 rings (SSSR count). The minimum absolute atomic E-state index is 0.0675. The van der Waals surface area contributed by atoms with Crippen LogP contribution < -0.4 is 9.47 Å². The summed E-state index contributed by atoms with van der Waals surface area (Å²) >= 11 is 12.6.